The monoisotopic (exact) mass is 759 g/mol. The molecule has 0 radical (unpaired) electrons. The van der Waals surface area contributed by atoms with Crippen molar-refractivity contribution in [1.82, 2.24) is 0 Å². The van der Waals surface area contributed by atoms with Gasteiger partial charge in [-0.25, -0.2) is 4.57 Å². The van der Waals surface area contributed by atoms with Crippen LogP contribution in [-0.2, 0) is 32.7 Å². The Morgan fingerprint density at radius 3 is 1.58 bits per heavy atom. The van der Waals surface area contributed by atoms with Gasteiger partial charge in [0, 0.05) is 12.8 Å². The second-order valence-corrected chi connectivity index (χ2v) is 16.8. The van der Waals surface area contributed by atoms with Gasteiger partial charge in [0.15, 0.2) is 6.10 Å². The molecule has 0 amide bonds. The summed E-state index contributed by atoms with van der Waals surface area (Å²) in [6, 6.07) is 0. The molecule has 0 aliphatic rings. The van der Waals surface area contributed by atoms with Crippen LogP contribution in [0.3, 0.4) is 0 Å². The lowest BCUT2D eigenvalue weighted by Crippen LogP contribution is -2.37. The SMILES string of the molecule is CCCC/C=C\C/C=C\CCCCCCCC(=O)OC(COC(=O)CCCCCCCCCCCCCCCC)COP(=O)(O)OCC[N+](C)(C)C. The number of carbonyl (C=O) groups excluding carboxylic acids is 2. The largest absolute Gasteiger partial charge is 0.472 e. The quantitative estimate of drug-likeness (QED) is 0.0218. The summed E-state index contributed by atoms with van der Waals surface area (Å²) in [4.78, 5) is 35.3. The fourth-order valence-corrected chi connectivity index (χ4v) is 6.36. The van der Waals surface area contributed by atoms with Crippen LogP contribution in [0.2, 0.25) is 0 Å². The third-order valence-corrected chi connectivity index (χ3v) is 9.97. The zero-order chi connectivity index (χ0) is 38.6. The van der Waals surface area contributed by atoms with Crippen LogP contribution in [0, 0.1) is 0 Å². The van der Waals surface area contributed by atoms with Crippen LogP contribution in [0.25, 0.3) is 0 Å². The summed E-state index contributed by atoms with van der Waals surface area (Å²) in [5.41, 5.74) is 0. The van der Waals surface area contributed by atoms with E-state index in [2.05, 4.69) is 38.2 Å². The van der Waals surface area contributed by atoms with Crippen molar-refractivity contribution in [3.05, 3.63) is 24.3 Å². The van der Waals surface area contributed by atoms with Gasteiger partial charge in [-0.2, -0.15) is 0 Å². The second kappa shape index (κ2) is 35.2. The lowest BCUT2D eigenvalue weighted by molar-refractivity contribution is -0.870. The number of unbranched alkanes of at least 4 members (excludes halogenated alkanes) is 20. The Bertz CT molecular complexity index is 949. The van der Waals surface area contributed by atoms with Crippen LogP contribution in [0.1, 0.15) is 181 Å². The van der Waals surface area contributed by atoms with E-state index < -0.39 is 26.5 Å². The third-order valence-electron chi connectivity index (χ3n) is 8.98. The van der Waals surface area contributed by atoms with Gasteiger partial charge < -0.3 is 18.9 Å². The van der Waals surface area contributed by atoms with Crippen molar-refractivity contribution in [2.45, 2.75) is 187 Å². The average molecular weight is 759 g/mol. The minimum atomic E-state index is -4.37. The number of ether oxygens (including phenoxy) is 2. The lowest BCUT2D eigenvalue weighted by Gasteiger charge is -2.24. The van der Waals surface area contributed by atoms with Crippen molar-refractivity contribution in [2.75, 3.05) is 47.5 Å². The van der Waals surface area contributed by atoms with E-state index in [1.807, 2.05) is 21.1 Å². The van der Waals surface area contributed by atoms with Gasteiger partial charge >= 0.3 is 19.8 Å². The first-order chi connectivity index (χ1) is 25.0. The summed E-state index contributed by atoms with van der Waals surface area (Å²) in [5, 5.41) is 0. The van der Waals surface area contributed by atoms with E-state index in [9.17, 15) is 19.0 Å². The van der Waals surface area contributed by atoms with Crippen LogP contribution in [0.4, 0.5) is 0 Å². The number of allylic oxidation sites excluding steroid dienone is 4. The van der Waals surface area contributed by atoms with Crippen LogP contribution < -0.4 is 0 Å². The zero-order valence-corrected chi connectivity index (χ0v) is 35.2. The Hall–Kier alpha value is -1.51. The normalized spacial score (nSPS) is 13.9. The first kappa shape index (κ1) is 50.5. The van der Waals surface area contributed by atoms with E-state index >= 15 is 0 Å². The number of nitrogens with zero attached hydrogens (tertiary/aromatic N) is 1. The number of phosphoric acid groups is 1. The van der Waals surface area contributed by atoms with Gasteiger partial charge in [0.25, 0.3) is 0 Å². The van der Waals surface area contributed by atoms with Gasteiger partial charge in [-0.3, -0.25) is 18.6 Å². The van der Waals surface area contributed by atoms with Gasteiger partial charge in [-0.1, -0.05) is 154 Å². The maximum absolute atomic E-state index is 12.6. The van der Waals surface area contributed by atoms with Gasteiger partial charge in [-0.15, -0.1) is 0 Å². The first-order valence-electron chi connectivity index (χ1n) is 21.1. The smallest absolute Gasteiger partial charge is 0.462 e. The molecule has 10 heteroatoms. The maximum Gasteiger partial charge on any atom is 0.472 e. The molecule has 0 aromatic carbocycles. The minimum Gasteiger partial charge on any atom is -0.462 e. The van der Waals surface area contributed by atoms with Crippen LogP contribution >= 0.6 is 7.82 Å². The molecule has 0 aromatic rings. The number of esters is 2. The number of quaternary nitrogens is 1. The number of hydrogen-bond donors (Lipinski definition) is 1. The Labute approximate surface area is 319 Å². The molecule has 9 nitrogen and oxygen atoms in total. The van der Waals surface area contributed by atoms with Gasteiger partial charge in [-0.05, 0) is 38.5 Å². The molecule has 0 saturated heterocycles. The Balaban J connectivity index is 4.40. The average Bonchev–Trinajstić information content (AvgIpc) is 3.09. The Morgan fingerprint density at radius 2 is 1.06 bits per heavy atom. The molecule has 0 heterocycles. The highest BCUT2D eigenvalue weighted by Gasteiger charge is 2.27. The molecular weight excluding hydrogens is 677 g/mol. The number of likely N-dealkylation sites (N-methyl/N-ethyl adjacent to an activating group) is 1. The summed E-state index contributed by atoms with van der Waals surface area (Å²) in [6.45, 7) is 4.37. The van der Waals surface area contributed by atoms with E-state index in [0.717, 1.165) is 64.2 Å². The molecule has 0 bridgehead atoms. The summed E-state index contributed by atoms with van der Waals surface area (Å²) in [7, 11) is 1.47. The van der Waals surface area contributed by atoms with Gasteiger partial charge in [0.2, 0.25) is 0 Å². The molecule has 0 aliphatic heterocycles. The highest BCUT2D eigenvalue weighted by Crippen LogP contribution is 2.43. The van der Waals surface area contributed by atoms with E-state index in [1.54, 1.807) is 0 Å². The summed E-state index contributed by atoms with van der Waals surface area (Å²) in [6.07, 6.45) is 36.4. The molecule has 0 aromatic heterocycles. The summed E-state index contributed by atoms with van der Waals surface area (Å²) >= 11 is 0. The molecule has 306 valence electrons. The van der Waals surface area contributed by atoms with Crippen molar-refractivity contribution in [1.29, 1.82) is 0 Å². The molecule has 0 aliphatic carbocycles. The van der Waals surface area contributed by atoms with E-state index in [1.165, 1.54) is 83.5 Å². The molecule has 0 fully saturated rings. The number of rotatable bonds is 38. The first-order valence-corrected chi connectivity index (χ1v) is 22.6. The Kier molecular flexibility index (Phi) is 34.2. The topological polar surface area (TPSA) is 108 Å². The molecule has 2 unspecified atom stereocenters. The third kappa shape index (κ3) is 38.2. The molecule has 0 rings (SSSR count). The van der Waals surface area contributed by atoms with E-state index in [0.29, 0.717) is 17.4 Å². The minimum absolute atomic E-state index is 0.0304. The highest BCUT2D eigenvalue weighted by atomic mass is 31.2. The van der Waals surface area contributed by atoms with Crippen LogP contribution in [-0.4, -0.2) is 74.9 Å². The highest BCUT2D eigenvalue weighted by molar-refractivity contribution is 7.47. The van der Waals surface area contributed by atoms with Crippen molar-refractivity contribution in [3.8, 4) is 0 Å². The van der Waals surface area contributed by atoms with Crippen molar-refractivity contribution in [3.63, 3.8) is 0 Å². The lowest BCUT2D eigenvalue weighted by atomic mass is 10.0. The van der Waals surface area contributed by atoms with Crippen LogP contribution in [0.15, 0.2) is 24.3 Å². The zero-order valence-electron chi connectivity index (χ0n) is 34.3. The second-order valence-electron chi connectivity index (χ2n) is 15.4. The molecular formula is C42H81NO8P+. The maximum atomic E-state index is 12.6. The summed E-state index contributed by atoms with van der Waals surface area (Å²) < 4.78 is 34.2. The number of phosphoric ester groups is 1. The summed E-state index contributed by atoms with van der Waals surface area (Å²) in [5.74, 6) is -0.810. The molecule has 52 heavy (non-hydrogen) atoms. The fourth-order valence-electron chi connectivity index (χ4n) is 5.62. The van der Waals surface area contributed by atoms with Crippen molar-refractivity contribution in [2.24, 2.45) is 0 Å². The van der Waals surface area contributed by atoms with Gasteiger partial charge in [0.1, 0.15) is 19.8 Å². The van der Waals surface area contributed by atoms with Crippen LogP contribution in [0.5, 0.6) is 0 Å². The predicted octanol–water partition coefficient (Wildman–Crippen LogP) is 11.6. The molecule has 1 N–H and O–H groups in total. The van der Waals surface area contributed by atoms with E-state index in [-0.39, 0.29) is 32.0 Å². The number of hydrogen-bond acceptors (Lipinski definition) is 7. The molecule has 0 spiro atoms. The molecule has 2 atom stereocenters. The predicted molar refractivity (Wildman–Crippen MR) is 215 cm³/mol. The fraction of sp³-hybridized carbons (Fsp3) is 0.857. The Morgan fingerprint density at radius 1 is 0.596 bits per heavy atom. The standard InChI is InChI=1S/C42H80NO8P/c1-6-8-10-12-14-16-18-20-22-24-26-28-30-32-34-41(44)48-38-40(39-50-52(46,47)49-37-36-43(3,4)5)51-42(45)35-33-31-29-27-25-23-21-19-17-15-13-11-9-7-2/h13,15,19,21,40H,6-12,14,16-18,20,22-39H2,1-5H3/p+1/b15-13-,21-19-. The number of carbonyl (C=O) groups is 2. The van der Waals surface area contributed by atoms with Crippen molar-refractivity contribution < 1.29 is 42.1 Å². The van der Waals surface area contributed by atoms with E-state index in [4.69, 9.17) is 18.5 Å². The van der Waals surface area contributed by atoms with Crippen molar-refractivity contribution >= 4 is 19.8 Å². The van der Waals surface area contributed by atoms with Gasteiger partial charge in [0.05, 0.1) is 27.7 Å². The molecule has 0 saturated carbocycles.